The van der Waals surface area contributed by atoms with Gasteiger partial charge in [-0.15, -0.1) is 0 Å². The van der Waals surface area contributed by atoms with E-state index in [2.05, 4.69) is 8.92 Å². The summed E-state index contributed by atoms with van der Waals surface area (Å²) in [6, 6.07) is 1.01. The second kappa shape index (κ2) is 7.95. The van der Waals surface area contributed by atoms with Crippen LogP contribution in [0.3, 0.4) is 0 Å². The van der Waals surface area contributed by atoms with Gasteiger partial charge < -0.3 is 13.9 Å². The molecule has 0 aromatic carbocycles. The van der Waals surface area contributed by atoms with E-state index >= 15 is 0 Å². The Balaban J connectivity index is 3.12. The van der Waals surface area contributed by atoms with Gasteiger partial charge in [-0.1, -0.05) is 13.3 Å². The molecule has 0 atom stereocenters. The zero-order valence-electron chi connectivity index (χ0n) is 12.6. The van der Waals surface area contributed by atoms with E-state index in [9.17, 15) is 18.0 Å². The minimum atomic E-state index is -3.71. The largest absolute Gasteiger partial charge is 0.486 e. The highest BCUT2D eigenvalue weighted by molar-refractivity contribution is 7.85. The number of carbonyl (C=O) groups is 1. The fourth-order valence-electron chi connectivity index (χ4n) is 1.45. The maximum absolute atomic E-state index is 12.0. The van der Waals surface area contributed by atoms with E-state index in [0.717, 1.165) is 25.9 Å². The van der Waals surface area contributed by atoms with Gasteiger partial charge in [0.05, 0.1) is 20.0 Å². The second-order valence-electron chi connectivity index (χ2n) is 4.40. The molecule has 1 aromatic rings. The standard InChI is InChI=1S/C13H18O8S/c1-4-5-6-19-11-10(14)7-9(8-20-22(3,16)17)21-12(11)13(15)18-2/h7H,4-6,8H2,1-3H3. The minimum absolute atomic E-state index is 0.126. The molecule has 0 aliphatic heterocycles. The van der Waals surface area contributed by atoms with Crippen molar-refractivity contribution in [3.63, 3.8) is 0 Å². The maximum atomic E-state index is 12.0. The Morgan fingerprint density at radius 1 is 1.36 bits per heavy atom. The lowest BCUT2D eigenvalue weighted by atomic mass is 10.3. The SMILES string of the molecule is CCCCOc1c(C(=O)OC)oc(COS(C)(=O)=O)cc1=O. The smallest absolute Gasteiger partial charge is 0.378 e. The van der Waals surface area contributed by atoms with Gasteiger partial charge in [0.25, 0.3) is 15.9 Å². The average Bonchev–Trinajstić information content (AvgIpc) is 2.45. The van der Waals surface area contributed by atoms with Crippen LogP contribution in [-0.4, -0.2) is 34.4 Å². The topological polar surface area (TPSA) is 109 Å². The van der Waals surface area contributed by atoms with Crippen LogP contribution >= 0.6 is 0 Å². The van der Waals surface area contributed by atoms with Crippen LogP contribution in [0.5, 0.6) is 5.75 Å². The first-order valence-corrected chi connectivity index (χ1v) is 8.32. The number of hydrogen-bond acceptors (Lipinski definition) is 8. The average molecular weight is 334 g/mol. The summed E-state index contributed by atoms with van der Waals surface area (Å²) < 4.78 is 41.4. The number of carbonyl (C=O) groups excluding carboxylic acids is 1. The van der Waals surface area contributed by atoms with Crippen molar-refractivity contribution in [2.24, 2.45) is 0 Å². The van der Waals surface area contributed by atoms with Gasteiger partial charge >= 0.3 is 5.97 Å². The number of ether oxygens (including phenoxy) is 2. The zero-order valence-corrected chi connectivity index (χ0v) is 13.4. The van der Waals surface area contributed by atoms with E-state index in [1.54, 1.807) is 0 Å². The lowest BCUT2D eigenvalue weighted by molar-refractivity contribution is 0.0548. The summed E-state index contributed by atoms with van der Waals surface area (Å²) >= 11 is 0. The molecule has 0 fully saturated rings. The number of rotatable bonds is 8. The molecule has 1 rings (SSSR count). The first-order chi connectivity index (χ1) is 10.3. The fourth-order valence-corrected chi connectivity index (χ4v) is 1.78. The van der Waals surface area contributed by atoms with Crippen LogP contribution in [0.15, 0.2) is 15.3 Å². The van der Waals surface area contributed by atoms with Gasteiger partial charge in [-0.05, 0) is 6.42 Å². The van der Waals surface area contributed by atoms with Crippen molar-refractivity contribution in [1.29, 1.82) is 0 Å². The van der Waals surface area contributed by atoms with Crippen molar-refractivity contribution in [2.45, 2.75) is 26.4 Å². The second-order valence-corrected chi connectivity index (χ2v) is 6.04. The molecule has 0 amide bonds. The van der Waals surface area contributed by atoms with E-state index in [1.807, 2.05) is 6.92 Å². The third-order valence-corrected chi connectivity index (χ3v) is 3.03. The summed E-state index contributed by atoms with van der Waals surface area (Å²) in [7, 11) is -2.59. The van der Waals surface area contributed by atoms with Crippen LogP contribution < -0.4 is 10.2 Å². The molecule has 0 aliphatic rings. The predicted molar refractivity (Wildman–Crippen MR) is 76.4 cm³/mol. The molecule has 0 radical (unpaired) electrons. The summed E-state index contributed by atoms with van der Waals surface area (Å²) in [6.07, 6.45) is 2.40. The van der Waals surface area contributed by atoms with Crippen LogP contribution in [0.25, 0.3) is 0 Å². The normalized spacial score (nSPS) is 11.2. The van der Waals surface area contributed by atoms with Gasteiger partial charge in [0.2, 0.25) is 11.2 Å². The Morgan fingerprint density at radius 2 is 2.05 bits per heavy atom. The fraction of sp³-hybridized carbons (Fsp3) is 0.538. The summed E-state index contributed by atoms with van der Waals surface area (Å²) in [4.78, 5) is 23.7. The Labute approximate surface area is 128 Å². The van der Waals surface area contributed by atoms with Crippen LogP contribution in [0.2, 0.25) is 0 Å². The molecular weight excluding hydrogens is 316 g/mol. The zero-order chi connectivity index (χ0) is 16.8. The van der Waals surface area contributed by atoms with Crippen molar-refractivity contribution in [1.82, 2.24) is 0 Å². The summed E-state index contributed by atoms with van der Waals surface area (Å²) in [5, 5.41) is 0. The van der Waals surface area contributed by atoms with E-state index in [0.29, 0.717) is 6.42 Å². The summed E-state index contributed by atoms with van der Waals surface area (Å²) in [6.45, 7) is 1.68. The molecule has 0 N–H and O–H groups in total. The first kappa shape index (κ1) is 18.2. The Bertz CT molecular complexity index is 674. The third kappa shape index (κ3) is 5.49. The van der Waals surface area contributed by atoms with E-state index in [-0.39, 0.29) is 18.1 Å². The van der Waals surface area contributed by atoms with Gasteiger partial charge in [0.15, 0.2) is 0 Å². The lowest BCUT2D eigenvalue weighted by Crippen LogP contribution is -2.17. The number of esters is 1. The molecule has 0 spiro atoms. The quantitative estimate of drug-likeness (QED) is 0.395. The summed E-state index contributed by atoms with van der Waals surface area (Å²) in [5.74, 6) is -1.70. The Hall–Kier alpha value is -1.87. The molecule has 0 aliphatic carbocycles. The maximum Gasteiger partial charge on any atom is 0.378 e. The molecule has 0 bridgehead atoms. The van der Waals surface area contributed by atoms with Crippen LogP contribution in [0.1, 0.15) is 36.1 Å². The molecule has 0 saturated carbocycles. The number of hydrogen-bond donors (Lipinski definition) is 0. The molecule has 0 unspecified atom stereocenters. The summed E-state index contributed by atoms with van der Waals surface area (Å²) in [5.41, 5.74) is -0.616. The third-order valence-electron chi connectivity index (χ3n) is 2.49. The highest BCUT2D eigenvalue weighted by Gasteiger charge is 2.22. The predicted octanol–water partition coefficient (Wildman–Crippen LogP) is 1.08. The van der Waals surface area contributed by atoms with Crippen molar-refractivity contribution in [3.8, 4) is 5.75 Å². The highest BCUT2D eigenvalue weighted by Crippen LogP contribution is 2.18. The molecule has 22 heavy (non-hydrogen) atoms. The van der Waals surface area contributed by atoms with Crippen molar-refractivity contribution < 1.29 is 31.3 Å². The van der Waals surface area contributed by atoms with Gasteiger partial charge in [-0.2, -0.15) is 8.42 Å². The van der Waals surface area contributed by atoms with Crippen molar-refractivity contribution in [2.75, 3.05) is 20.0 Å². The number of methoxy groups -OCH3 is 1. The van der Waals surface area contributed by atoms with Crippen LogP contribution in [-0.2, 0) is 25.6 Å². The Morgan fingerprint density at radius 3 is 2.59 bits per heavy atom. The molecule has 1 aromatic heterocycles. The molecule has 1 heterocycles. The van der Waals surface area contributed by atoms with E-state index in [4.69, 9.17) is 9.15 Å². The molecule has 0 saturated heterocycles. The highest BCUT2D eigenvalue weighted by atomic mass is 32.2. The number of unbranched alkanes of at least 4 members (excludes halogenated alkanes) is 1. The van der Waals surface area contributed by atoms with Crippen molar-refractivity contribution in [3.05, 3.63) is 27.8 Å². The van der Waals surface area contributed by atoms with Crippen LogP contribution in [0, 0.1) is 0 Å². The van der Waals surface area contributed by atoms with E-state index in [1.165, 1.54) is 0 Å². The molecule has 124 valence electrons. The van der Waals surface area contributed by atoms with Gasteiger partial charge in [0.1, 0.15) is 12.4 Å². The minimum Gasteiger partial charge on any atom is -0.486 e. The van der Waals surface area contributed by atoms with Crippen LogP contribution in [0.4, 0.5) is 0 Å². The van der Waals surface area contributed by atoms with E-state index < -0.39 is 33.9 Å². The molecule has 9 heteroatoms. The lowest BCUT2D eigenvalue weighted by Gasteiger charge is -2.10. The van der Waals surface area contributed by atoms with Gasteiger partial charge in [0, 0.05) is 6.07 Å². The van der Waals surface area contributed by atoms with Gasteiger partial charge in [-0.25, -0.2) is 4.79 Å². The van der Waals surface area contributed by atoms with Gasteiger partial charge in [-0.3, -0.25) is 8.98 Å². The monoisotopic (exact) mass is 334 g/mol. The van der Waals surface area contributed by atoms with Crippen molar-refractivity contribution >= 4 is 16.1 Å². The first-order valence-electron chi connectivity index (χ1n) is 6.51. The molecular formula is C13H18O8S. The Kier molecular flexibility index (Phi) is 6.57. The molecule has 8 nitrogen and oxygen atoms in total.